The number of piperidine rings is 1. The van der Waals surface area contributed by atoms with E-state index in [4.69, 9.17) is 0 Å². The first-order valence-corrected chi connectivity index (χ1v) is 10.2. The van der Waals surface area contributed by atoms with Crippen LogP contribution in [0.5, 0.6) is 0 Å². The van der Waals surface area contributed by atoms with Crippen LogP contribution in [0.1, 0.15) is 44.9 Å². The van der Waals surface area contributed by atoms with Crippen molar-refractivity contribution in [3.8, 4) is 0 Å². The largest absolute Gasteiger partial charge is 0.342 e. The number of hydrogen-bond acceptors (Lipinski definition) is 4. The van der Waals surface area contributed by atoms with Crippen molar-refractivity contribution in [1.82, 2.24) is 20.0 Å². The Bertz CT molecular complexity index is 496. The van der Waals surface area contributed by atoms with Gasteiger partial charge in [-0.1, -0.05) is 0 Å². The van der Waals surface area contributed by atoms with E-state index in [1.807, 2.05) is 9.80 Å². The molecule has 0 aromatic rings. The van der Waals surface area contributed by atoms with E-state index in [0.717, 1.165) is 58.5 Å². The molecular weight excluding hydrogens is 387 g/mol. The molecule has 4 fully saturated rings. The Balaban J connectivity index is 0.00000131. The van der Waals surface area contributed by atoms with Crippen molar-refractivity contribution in [3.63, 3.8) is 0 Å². The molecule has 2 atom stereocenters. The van der Waals surface area contributed by atoms with Gasteiger partial charge in [0.15, 0.2) is 0 Å². The minimum Gasteiger partial charge on any atom is -0.342 e. The molecule has 0 radical (unpaired) electrons. The Morgan fingerprint density at radius 3 is 1.93 bits per heavy atom. The quantitative estimate of drug-likeness (QED) is 0.748. The van der Waals surface area contributed by atoms with E-state index in [1.165, 1.54) is 25.7 Å². The molecule has 4 aliphatic heterocycles. The Morgan fingerprint density at radius 2 is 1.33 bits per heavy atom. The molecule has 6 nitrogen and oxygen atoms in total. The summed E-state index contributed by atoms with van der Waals surface area (Å²) in [5.41, 5.74) is 0. The van der Waals surface area contributed by atoms with Gasteiger partial charge in [0, 0.05) is 57.8 Å². The van der Waals surface area contributed by atoms with Crippen molar-refractivity contribution in [2.75, 3.05) is 45.8 Å². The summed E-state index contributed by atoms with van der Waals surface area (Å²) in [6.45, 7) is 5.62. The third-order valence-corrected chi connectivity index (χ3v) is 6.58. The molecule has 2 bridgehead atoms. The monoisotopic (exact) mass is 420 g/mol. The second-order valence-electron chi connectivity index (χ2n) is 8.42. The van der Waals surface area contributed by atoms with Gasteiger partial charge in [-0.2, -0.15) is 0 Å². The van der Waals surface area contributed by atoms with Gasteiger partial charge < -0.3 is 15.1 Å². The van der Waals surface area contributed by atoms with E-state index in [0.29, 0.717) is 30.5 Å². The summed E-state index contributed by atoms with van der Waals surface area (Å²) >= 11 is 0. The van der Waals surface area contributed by atoms with Gasteiger partial charge in [-0.25, -0.2) is 0 Å². The van der Waals surface area contributed by atoms with E-state index in [9.17, 15) is 9.59 Å². The molecule has 8 heteroatoms. The summed E-state index contributed by atoms with van der Waals surface area (Å²) in [5, 5.41) is 3.65. The zero-order valence-electron chi connectivity index (χ0n) is 16.1. The van der Waals surface area contributed by atoms with Crippen LogP contribution in [0.4, 0.5) is 0 Å². The summed E-state index contributed by atoms with van der Waals surface area (Å²) < 4.78 is 0. The number of nitrogens with one attached hydrogen (secondary N) is 1. The number of rotatable bonds is 4. The van der Waals surface area contributed by atoms with Crippen LogP contribution in [0.25, 0.3) is 0 Å². The number of carbonyl (C=O) groups is 2. The SMILES string of the molecule is Cl.Cl.O=C(CC1CC2CCC(C1)N2)N1CCN(CC(=O)N2CCCC2)CC1. The van der Waals surface area contributed by atoms with Gasteiger partial charge in [0.25, 0.3) is 0 Å². The normalized spacial score (nSPS) is 30.6. The summed E-state index contributed by atoms with van der Waals surface area (Å²) in [6.07, 6.45) is 7.94. The molecule has 27 heavy (non-hydrogen) atoms. The van der Waals surface area contributed by atoms with Gasteiger partial charge in [-0.05, 0) is 44.4 Å². The molecule has 1 N–H and O–H groups in total. The second-order valence-corrected chi connectivity index (χ2v) is 8.42. The van der Waals surface area contributed by atoms with Crippen LogP contribution in [0.15, 0.2) is 0 Å². The molecule has 0 aromatic carbocycles. The fraction of sp³-hybridized carbons (Fsp3) is 0.895. The summed E-state index contributed by atoms with van der Waals surface area (Å²) in [4.78, 5) is 31.1. The van der Waals surface area contributed by atoms with Gasteiger partial charge in [0.1, 0.15) is 0 Å². The van der Waals surface area contributed by atoms with Crippen LogP contribution < -0.4 is 5.32 Å². The maximum atomic E-state index is 12.6. The average Bonchev–Trinajstić information content (AvgIpc) is 3.25. The van der Waals surface area contributed by atoms with E-state index in [1.54, 1.807) is 0 Å². The van der Waals surface area contributed by atoms with E-state index < -0.39 is 0 Å². The highest BCUT2D eigenvalue weighted by Crippen LogP contribution is 2.33. The minimum atomic E-state index is 0. The van der Waals surface area contributed by atoms with E-state index >= 15 is 0 Å². The molecule has 2 amide bonds. The van der Waals surface area contributed by atoms with Crippen LogP contribution in [0.3, 0.4) is 0 Å². The maximum absolute atomic E-state index is 12.6. The first-order chi connectivity index (χ1) is 12.2. The molecule has 0 spiro atoms. The highest BCUT2D eigenvalue weighted by molar-refractivity contribution is 5.85. The van der Waals surface area contributed by atoms with Crippen molar-refractivity contribution >= 4 is 36.6 Å². The molecule has 4 aliphatic rings. The maximum Gasteiger partial charge on any atom is 0.236 e. The predicted molar refractivity (Wildman–Crippen MR) is 111 cm³/mol. The molecular formula is C19H34Cl2N4O2. The lowest BCUT2D eigenvalue weighted by atomic mass is 9.89. The standard InChI is InChI=1S/C19H32N4O2.2ClH/c24-18(13-15-11-16-3-4-17(12-15)20-16)23-9-7-21(8-10-23)14-19(25)22-5-1-2-6-22;;/h15-17,20H,1-14H2;2*1H. The van der Waals surface area contributed by atoms with Crippen LogP contribution in [-0.2, 0) is 9.59 Å². The lowest BCUT2D eigenvalue weighted by Crippen LogP contribution is -2.51. The second kappa shape index (κ2) is 10.3. The average molecular weight is 421 g/mol. The third-order valence-electron chi connectivity index (χ3n) is 6.58. The number of halogens is 2. The van der Waals surface area contributed by atoms with Crippen molar-refractivity contribution < 1.29 is 9.59 Å². The fourth-order valence-corrected chi connectivity index (χ4v) is 5.13. The van der Waals surface area contributed by atoms with Crippen LogP contribution in [-0.4, -0.2) is 84.4 Å². The number of fused-ring (bicyclic) bond motifs is 2. The summed E-state index contributed by atoms with van der Waals surface area (Å²) in [5.74, 6) is 1.17. The molecule has 156 valence electrons. The Kier molecular flexibility index (Phi) is 8.66. The van der Waals surface area contributed by atoms with Crippen LogP contribution >= 0.6 is 24.8 Å². The molecule has 4 saturated heterocycles. The molecule has 4 rings (SSSR count). The highest BCUT2D eigenvalue weighted by atomic mass is 35.5. The van der Waals surface area contributed by atoms with Crippen LogP contribution in [0.2, 0.25) is 0 Å². The van der Waals surface area contributed by atoms with Gasteiger partial charge in [0.2, 0.25) is 11.8 Å². The number of carbonyl (C=O) groups excluding carboxylic acids is 2. The third kappa shape index (κ3) is 5.72. The molecule has 0 saturated carbocycles. The Hall–Kier alpha value is -0.560. The first-order valence-electron chi connectivity index (χ1n) is 10.2. The fourth-order valence-electron chi connectivity index (χ4n) is 5.13. The number of amides is 2. The summed E-state index contributed by atoms with van der Waals surface area (Å²) in [7, 11) is 0. The van der Waals surface area contributed by atoms with E-state index in [-0.39, 0.29) is 30.7 Å². The number of hydrogen-bond donors (Lipinski definition) is 1. The number of nitrogens with zero attached hydrogens (tertiary/aromatic N) is 3. The van der Waals surface area contributed by atoms with Gasteiger partial charge in [0.05, 0.1) is 6.54 Å². The molecule has 4 heterocycles. The zero-order chi connectivity index (χ0) is 17.2. The Morgan fingerprint density at radius 1 is 0.778 bits per heavy atom. The zero-order valence-corrected chi connectivity index (χ0v) is 17.7. The van der Waals surface area contributed by atoms with Crippen molar-refractivity contribution in [2.45, 2.75) is 57.0 Å². The van der Waals surface area contributed by atoms with Crippen molar-refractivity contribution in [1.29, 1.82) is 0 Å². The topological polar surface area (TPSA) is 55.9 Å². The molecule has 0 aliphatic carbocycles. The minimum absolute atomic E-state index is 0. The Labute approximate surface area is 175 Å². The molecule has 0 aromatic heterocycles. The van der Waals surface area contributed by atoms with Crippen LogP contribution in [0, 0.1) is 5.92 Å². The smallest absolute Gasteiger partial charge is 0.236 e. The van der Waals surface area contributed by atoms with Crippen molar-refractivity contribution in [3.05, 3.63) is 0 Å². The predicted octanol–water partition coefficient (Wildman–Crippen LogP) is 1.52. The lowest BCUT2D eigenvalue weighted by molar-refractivity contribution is -0.135. The number of likely N-dealkylation sites (tertiary alicyclic amines) is 1. The van der Waals surface area contributed by atoms with E-state index in [2.05, 4.69) is 10.2 Å². The van der Waals surface area contributed by atoms with Gasteiger partial charge in [-0.15, -0.1) is 24.8 Å². The summed E-state index contributed by atoms with van der Waals surface area (Å²) in [6, 6.07) is 1.31. The van der Waals surface area contributed by atoms with Gasteiger partial charge in [-0.3, -0.25) is 14.5 Å². The highest BCUT2D eigenvalue weighted by Gasteiger charge is 2.35. The first kappa shape index (κ1) is 22.7. The lowest BCUT2D eigenvalue weighted by Gasteiger charge is -2.36. The van der Waals surface area contributed by atoms with Gasteiger partial charge >= 0.3 is 0 Å². The van der Waals surface area contributed by atoms with Crippen molar-refractivity contribution in [2.24, 2.45) is 5.92 Å². The number of piperazine rings is 1. The molecule has 2 unspecified atom stereocenters.